The maximum Gasteiger partial charge on any atom is 0.245 e. The number of rotatable bonds is 5. The van der Waals surface area contributed by atoms with Crippen molar-refractivity contribution in [2.24, 2.45) is 5.73 Å². The predicted octanol–water partition coefficient (Wildman–Crippen LogP) is 1.84. The van der Waals surface area contributed by atoms with E-state index >= 15 is 0 Å². The van der Waals surface area contributed by atoms with Gasteiger partial charge in [-0.1, -0.05) is 0 Å². The first-order chi connectivity index (χ1) is 12.4. The Labute approximate surface area is 152 Å². The highest BCUT2D eigenvalue weighted by Crippen LogP contribution is 2.29. The molecule has 2 fully saturated rings. The molecule has 1 saturated carbocycles. The number of hydrogen-bond acceptors (Lipinski definition) is 3. The third-order valence-electron chi connectivity index (χ3n) is 5.14. The smallest absolute Gasteiger partial charge is 0.245 e. The maximum absolute atomic E-state index is 13.7. The molecule has 0 bridgehead atoms. The summed E-state index contributed by atoms with van der Waals surface area (Å²) in [5.74, 6) is -1.30. The highest BCUT2D eigenvalue weighted by Gasteiger charge is 2.39. The molecule has 0 aromatic heterocycles. The average molecular weight is 365 g/mol. The Hall–Kier alpha value is -2.02. The predicted molar refractivity (Wildman–Crippen MR) is 93.2 cm³/mol. The molecular weight excluding hydrogens is 340 g/mol. The summed E-state index contributed by atoms with van der Waals surface area (Å²) in [5.41, 5.74) is 6.16. The van der Waals surface area contributed by atoms with Crippen molar-refractivity contribution in [3.63, 3.8) is 0 Å². The lowest BCUT2D eigenvalue weighted by molar-refractivity contribution is -0.143. The van der Waals surface area contributed by atoms with Crippen molar-refractivity contribution >= 4 is 11.8 Å². The quantitative estimate of drug-likeness (QED) is 0.866. The van der Waals surface area contributed by atoms with E-state index in [1.165, 1.54) is 0 Å². The molecule has 0 spiro atoms. The van der Waals surface area contributed by atoms with Gasteiger partial charge in [-0.25, -0.2) is 8.78 Å². The zero-order valence-electron chi connectivity index (χ0n) is 15.0. The van der Waals surface area contributed by atoms with Crippen LogP contribution in [0.5, 0.6) is 0 Å². The van der Waals surface area contributed by atoms with E-state index in [-0.39, 0.29) is 30.2 Å². The lowest BCUT2D eigenvalue weighted by Gasteiger charge is -2.29. The summed E-state index contributed by atoms with van der Waals surface area (Å²) in [4.78, 5) is 28.7. The second kappa shape index (κ2) is 7.70. The zero-order valence-corrected chi connectivity index (χ0v) is 15.0. The summed E-state index contributed by atoms with van der Waals surface area (Å²) in [7, 11) is 0. The van der Waals surface area contributed by atoms with Crippen LogP contribution in [0.4, 0.5) is 8.78 Å². The number of halogens is 2. The van der Waals surface area contributed by atoms with E-state index in [4.69, 9.17) is 5.73 Å². The van der Waals surface area contributed by atoms with Crippen molar-refractivity contribution in [1.82, 2.24) is 9.80 Å². The third kappa shape index (κ3) is 4.20. The van der Waals surface area contributed by atoms with Crippen molar-refractivity contribution in [2.45, 2.75) is 57.2 Å². The van der Waals surface area contributed by atoms with Gasteiger partial charge in [-0.3, -0.25) is 9.59 Å². The molecule has 2 N–H and O–H groups in total. The molecule has 0 radical (unpaired) electrons. The van der Waals surface area contributed by atoms with Gasteiger partial charge in [-0.2, -0.15) is 0 Å². The van der Waals surface area contributed by atoms with Gasteiger partial charge in [0.2, 0.25) is 11.8 Å². The van der Waals surface area contributed by atoms with Crippen LogP contribution in [0.15, 0.2) is 18.2 Å². The van der Waals surface area contributed by atoms with E-state index in [1.54, 1.807) is 11.8 Å². The fraction of sp³-hybridized carbons (Fsp3) is 0.579. The van der Waals surface area contributed by atoms with E-state index in [2.05, 4.69) is 0 Å². The van der Waals surface area contributed by atoms with Crippen LogP contribution in [0, 0.1) is 11.6 Å². The van der Waals surface area contributed by atoms with E-state index in [1.807, 2.05) is 4.90 Å². The lowest BCUT2D eigenvalue weighted by atomic mass is 10.0. The Balaban J connectivity index is 1.61. The molecule has 2 amide bonds. The van der Waals surface area contributed by atoms with Crippen LogP contribution in [0.3, 0.4) is 0 Å². The van der Waals surface area contributed by atoms with Gasteiger partial charge < -0.3 is 15.5 Å². The summed E-state index contributed by atoms with van der Waals surface area (Å²) < 4.78 is 27.0. The van der Waals surface area contributed by atoms with Crippen LogP contribution in [-0.2, 0) is 16.0 Å². The second-order valence-electron chi connectivity index (χ2n) is 7.28. The van der Waals surface area contributed by atoms with Crippen LogP contribution in [-0.4, -0.2) is 52.8 Å². The van der Waals surface area contributed by atoms with Gasteiger partial charge in [-0.15, -0.1) is 0 Å². The first-order valence-corrected chi connectivity index (χ1v) is 9.16. The summed E-state index contributed by atoms with van der Waals surface area (Å²) in [6, 6.07) is 2.39. The topological polar surface area (TPSA) is 66.6 Å². The number of amides is 2. The molecule has 7 heteroatoms. The van der Waals surface area contributed by atoms with Gasteiger partial charge in [0.1, 0.15) is 17.7 Å². The van der Waals surface area contributed by atoms with E-state index in [0.717, 1.165) is 37.5 Å². The van der Waals surface area contributed by atoms with Gasteiger partial charge >= 0.3 is 0 Å². The van der Waals surface area contributed by atoms with Crippen LogP contribution in [0.2, 0.25) is 0 Å². The Morgan fingerprint density at radius 1 is 1.31 bits per heavy atom. The molecule has 2 atom stereocenters. The van der Waals surface area contributed by atoms with E-state index in [9.17, 15) is 18.4 Å². The van der Waals surface area contributed by atoms with Gasteiger partial charge in [0.15, 0.2) is 0 Å². The van der Waals surface area contributed by atoms with E-state index < -0.39 is 23.7 Å². The first-order valence-electron chi connectivity index (χ1n) is 9.16. The maximum atomic E-state index is 13.7. The van der Waals surface area contributed by atoms with Crippen LogP contribution in [0.1, 0.15) is 38.2 Å². The third-order valence-corrected chi connectivity index (χ3v) is 5.14. The van der Waals surface area contributed by atoms with E-state index in [0.29, 0.717) is 19.1 Å². The van der Waals surface area contributed by atoms with Crippen molar-refractivity contribution in [1.29, 1.82) is 0 Å². The highest BCUT2D eigenvalue weighted by molar-refractivity contribution is 5.88. The lowest BCUT2D eigenvalue weighted by Crippen LogP contribution is -2.48. The largest absolute Gasteiger partial charge is 0.338 e. The number of nitrogens with zero attached hydrogens (tertiary/aromatic N) is 2. The zero-order chi connectivity index (χ0) is 18.8. The number of carbonyl (C=O) groups is 2. The second-order valence-corrected chi connectivity index (χ2v) is 7.28. The molecule has 1 aromatic carbocycles. The molecule has 142 valence electrons. The summed E-state index contributed by atoms with van der Waals surface area (Å²) in [5, 5.41) is 0. The Morgan fingerprint density at radius 3 is 2.73 bits per heavy atom. The van der Waals surface area contributed by atoms with Gasteiger partial charge in [0.05, 0.1) is 0 Å². The van der Waals surface area contributed by atoms with Crippen LogP contribution < -0.4 is 5.73 Å². The van der Waals surface area contributed by atoms with Crippen LogP contribution in [0.25, 0.3) is 0 Å². The Kier molecular flexibility index (Phi) is 5.55. The summed E-state index contributed by atoms with van der Waals surface area (Å²) >= 11 is 0. The summed E-state index contributed by atoms with van der Waals surface area (Å²) in [6.45, 7) is 2.94. The molecule has 3 rings (SSSR count). The van der Waals surface area contributed by atoms with Crippen LogP contribution >= 0.6 is 0 Å². The van der Waals surface area contributed by atoms with Gasteiger partial charge in [-0.05, 0) is 56.4 Å². The molecule has 1 aliphatic heterocycles. The minimum atomic E-state index is -0.635. The normalized spacial score (nSPS) is 22.3. The molecular formula is C19H25F2N3O2. The average Bonchev–Trinajstić information content (AvgIpc) is 3.41. The SMILES string of the molecule is C[C@@H]1C(=O)N(C2CC2)CCCN1C(=O)C[C@H](N)Cc1cc(F)ccc1F. The minimum absolute atomic E-state index is 0.00297. The molecule has 1 saturated heterocycles. The molecule has 5 nitrogen and oxygen atoms in total. The molecule has 1 aliphatic carbocycles. The highest BCUT2D eigenvalue weighted by atomic mass is 19.1. The molecule has 26 heavy (non-hydrogen) atoms. The molecule has 1 aromatic rings. The number of benzene rings is 1. The number of carbonyl (C=O) groups excluding carboxylic acids is 2. The van der Waals surface area contributed by atoms with Crippen molar-refractivity contribution < 1.29 is 18.4 Å². The fourth-order valence-electron chi connectivity index (χ4n) is 3.57. The van der Waals surface area contributed by atoms with Gasteiger partial charge in [0.25, 0.3) is 0 Å². The van der Waals surface area contributed by atoms with Crippen molar-refractivity contribution in [2.75, 3.05) is 13.1 Å². The molecule has 0 unspecified atom stereocenters. The number of hydrogen-bond donors (Lipinski definition) is 1. The molecule has 2 aliphatic rings. The first kappa shape index (κ1) is 18.8. The minimum Gasteiger partial charge on any atom is -0.338 e. The van der Waals surface area contributed by atoms with Crippen molar-refractivity contribution in [3.8, 4) is 0 Å². The van der Waals surface area contributed by atoms with Gasteiger partial charge in [0, 0.05) is 31.6 Å². The number of nitrogens with two attached hydrogens (primary N) is 1. The molecule has 1 heterocycles. The van der Waals surface area contributed by atoms with Crippen molar-refractivity contribution in [3.05, 3.63) is 35.4 Å². The fourth-order valence-corrected chi connectivity index (χ4v) is 3.57. The standard InChI is InChI=1S/C19H25F2N3O2/c1-12-19(26)24(16-4-5-16)8-2-7-23(12)18(25)11-15(22)10-13-9-14(20)3-6-17(13)21/h3,6,9,12,15-16H,2,4-5,7-8,10-11,22H2,1H3/t12-,15-/m1/s1. The Bertz CT molecular complexity index is 693. The summed E-state index contributed by atoms with van der Waals surface area (Å²) in [6.07, 6.45) is 2.88. The Morgan fingerprint density at radius 2 is 2.04 bits per heavy atom. The monoisotopic (exact) mass is 365 g/mol.